The Kier molecular flexibility index (Phi) is 4.37. The molecule has 0 aliphatic rings. The van der Waals surface area contributed by atoms with Crippen molar-refractivity contribution in [2.45, 2.75) is 32.9 Å². The highest BCUT2D eigenvalue weighted by Crippen LogP contribution is 2.30. The van der Waals surface area contributed by atoms with Gasteiger partial charge in [-0.15, -0.1) is 0 Å². The number of aliphatic hydroxyl groups excluding tert-OH is 1. The number of alkyl halides is 3. The van der Waals surface area contributed by atoms with Gasteiger partial charge in [0.2, 0.25) is 0 Å². The van der Waals surface area contributed by atoms with Gasteiger partial charge in [-0.25, -0.2) is 4.68 Å². The van der Waals surface area contributed by atoms with Crippen LogP contribution in [0.3, 0.4) is 0 Å². The van der Waals surface area contributed by atoms with E-state index in [4.69, 9.17) is 5.11 Å². The first kappa shape index (κ1) is 15.6. The molecule has 0 aliphatic carbocycles. The van der Waals surface area contributed by atoms with E-state index >= 15 is 0 Å². The molecule has 0 aliphatic heterocycles. The molecule has 1 N–H and O–H groups in total. The van der Waals surface area contributed by atoms with Gasteiger partial charge in [-0.05, 0) is 50.5 Å². The quantitative estimate of drug-likeness (QED) is 0.939. The molecule has 6 heteroatoms. The first-order chi connectivity index (χ1) is 9.84. The predicted molar refractivity (Wildman–Crippen MR) is 73.4 cm³/mol. The molecule has 0 unspecified atom stereocenters. The minimum absolute atomic E-state index is 0.0770. The Labute approximate surface area is 121 Å². The molecule has 1 heterocycles. The smallest absolute Gasteiger partial charge is 0.396 e. The van der Waals surface area contributed by atoms with Gasteiger partial charge in [0, 0.05) is 12.3 Å². The molecule has 2 aromatic rings. The average molecular weight is 298 g/mol. The first-order valence-corrected chi connectivity index (χ1v) is 6.68. The Hall–Kier alpha value is -1.82. The van der Waals surface area contributed by atoms with Crippen LogP contribution in [0.5, 0.6) is 0 Å². The Morgan fingerprint density at radius 3 is 2.57 bits per heavy atom. The van der Waals surface area contributed by atoms with Crippen molar-refractivity contribution >= 4 is 0 Å². The second-order valence-corrected chi connectivity index (χ2v) is 4.94. The van der Waals surface area contributed by atoms with Gasteiger partial charge in [0.1, 0.15) is 0 Å². The number of nitrogens with zero attached hydrogens (tertiary/aromatic N) is 2. The van der Waals surface area contributed by atoms with E-state index < -0.39 is 11.7 Å². The fourth-order valence-corrected chi connectivity index (χ4v) is 2.36. The molecular weight excluding hydrogens is 281 g/mol. The molecule has 2 rings (SSSR count). The molecular formula is C15H17F3N2O. The maximum atomic E-state index is 12.8. The van der Waals surface area contributed by atoms with Crippen LogP contribution in [0.15, 0.2) is 24.3 Å². The van der Waals surface area contributed by atoms with Crippen molar-refractivity contribution in [2.24, 2.45) is 0 Å². The number of aliphatic hydroxyl groups is 1. The lowest BCUT2D eigenvalue weighted by molar-refractivity contribution is -0.137. The van der Waals surface area contributed by atoms with E-state index in [1.807, 2.05) is 13.8 Å². The summed E-state index contributed by atoms with van der Waals surface area (Å²) in [5, 5.41) is 13.2. The van der Waals surface area contributed by atoms with E-state index in [1.54, 1.807) is 6.07 Å². The third kappa shape index (κ3) is 3.26. The third-order valence-electron chi connectivity index (χ3n) is 3.44. The molecule has 0 bridgehead atoms. The monoisotopic (exact) mass is 298 g/mol. The van der Waals surface area contributed by atoms with Crippen LogP contribution in [-0.4, -0.2) is 21.5 Å². The summed E-state index contributed by atoms with van der Waals surface area (Å²) in [7, 11) is 0. The fourth-order valence-electron chi connectivity index (χ4n) is 2.36. The number of benzene rings is 1. The van der Waals surface area contributed by atoms with Gasteiger partial charge in [-0.3, -0.25) is 0 Å². The van der Waals surface area contributed by atoms with Crippen molar-refractivity contribution in [1.29, 1.82) is 0 Å². The van der Waals surface area contributed by atoms with Gasteiger partial charge in [0.15, 0.2) is 0 Å². The Morgan fingerprint density at radius 1 is 1.24 bits per heavy atom. The topological polar surface area (TPSA) is 38.0 Å². The molecule has 0 atom stereocenters. The summed E-state index contributed by atoms with van der Waals surface area (Å²) in [6.45, 7) is 3.73. The minimum Gasteiger partial charge on any atom is -0.396 e. The SMILES string of the molecule is Cc1nn(-c2cccc(C(F)(F)F)c2)c(C)c1CCCO. The maximum Gasteiger partial charge on any atom is 0.416 e. The van der Waals surface area contributed by atoms with Crippen molar-refractivity contribution in [3.05, 3.63) is 46.8 Å². The van der Waals surface area contributed by atoms with Crippen molar-refractivity contribution in [1.82, 2.24) is 9.78 Å². The van der Waals surface area contributed by atoms with E-state index in [-0.39, 0.29) is 6.61 Å². The van der Waals surface area contributed by atoms with Gasteiger partial charge in [0.05, 0.1) is 16.9 Å². The maximum absolute atomic E-state index is 12.8. The van der Waals surface area contributed by atoms with Crippen molar-refractivity contribution in [2.75, 3.05) is 6.61 Å². The summed E-state index contributed by atoms with van der Waals surface area (Å²) in [4.78, 5) is 0. The molecule has 0 fully saturated rings. The summed E-state index contributed by atoms with van der Waals surface area (Å²) in [6.07, 6.45) is -3.10. The average Bonchev–Trinajstić information content (AvgIpc) is 2.71. The van der Waals surface area contributed by atoms with Crippen LogP contribution < -0.4 is 0 Å². The molecule has 21 heavy (non-hydrogen) atoms. The highest BCUT2D eigenvalue weighted by Gasteiger charge is 2.30. The number of hydrogen-bond donors (Lipinski definition) is 1. The summed E-state index contributed by atoms with van der Waals surface area (Å²) in [5.74, 6) is 0. The zero-order valence-corrected chi connectivity index (χ0v) is 11.9. The van der Waals surface area contributed by atoms with Crippen LogP contribution >= 0.6 is 0 Å². The van der Waals surface area contributed by atoms with E-state index in [1.165, 1.54) is 10.7 Å². The van der Waals surface area contributed by atoms with Crippen molar-refractivity contribution in [3.63, 3.8) is 0 Å². The highest BCUT2D eigenvalue weighted by molar-refractivity contribution is 5.40. The number of hydrogen-bond acceptors (Lipinski definition) is 2. The summed E-state index contributed by atoms with van der Waals surface area (Å²) < 4.78 is 39.9. The third-order valence-corrected chi connectivity index (χ3v) is 3.44. The molecule has 0 spiro atoms. The second-order valence-electron chi connectivity index (χ2n) is 4.94. The number of rotatable bonds is 4. The van der Waals surface area contributed by atoms with Crippen LogP contribution in [0.1, 0.15) is 28.9 Å². The normalized spacial score (nSPS) is 11.9. The van der Waals surface area contributed by atoms with E-state index in [9.17, 15) is 13.2 Å². The molecule has 3 nitrogen and oxygen atoms in total. The first-order valence-electron chi connectivity index (χ1n) is 6.68. The van der Waals surface area contributed by atoms with Gasteiger partial charge < -0.3 is 5.11 Å². The number of aryl methyl sites for hydroxylation is 1. The van der Waals surface area contributed by atoms with Crippen molar-refractivity contribution in [3.8, 4) is 5.69 Å². The van der Waals surface area contributed by atoms with E-state index in [0.29, 0.717) is 18.5 Å². The van der Waals surface area contributed by atoms with Crippen molar-refractivity contribution < 1.29 is 18.3 Å². The van der Waals surface area contributed by atoms with Crippen LogP contribution in [-0.2, 0) is 12.6 Å². The lowest BCUT2D eigenvalue weighted by Gasteiger charge is -2.10. The molecule has 1 aromatic heterocycles. The van der Waals surface area contributed by atoms with Gasteiger partial charge in [-0.1, -0.05) is 6.07 Å². The standard InChI is InChI=1S/C15H17F3N2O/c1-10-14(7-4-8-21)11(2)20(19-10)13-6-3-5-12(9-13)15(16,17)18/h3,5-6,9,21H,4,7-8H2,1-2H3. The van der Waals surface area contributed by atoms with Gasteiger partial charge in [0.25, 0.3) is 0 Å². The zero-order chi connectivity index (χ0) is 15.6. The summed E-state index contributed by atoms with van der Waals surface area (Å²) >= 11 is 0. The molecule has 0 radical (unpaired) electrons. The second kappa shape index (κ2) is 5.89. The molecule has 0 saturated carbocycles. The van der Waals surface area contributed by atoms with Crippen LogP contribution in [0.4, 0.5) is 13.2 Å². The number of aromatic nitrogens is 2. The largest absolute Gasteiger partial charge is 0.416 e. The van der Waals surface area contributed by atoms with Gasteiger partial charge >= 0.3 is 6.18 Å². The molecule has 1 aromatic carbocycles. The lowest BCUT2D eigenvalue weighted by atomic mass is 10.1. The lowest BCUT2D eigenvalue weighted by Crippen LogP contribution is -2.07. The Balaban J connectivity index is 2.43. The molecule has 114 valence electrons. The highest BCUT2D eigenvalue weighted by atomic mass is 19.4. The molecule has 0 saturated heterocycles. The van der Waals surface area contributed by atoms with E-state index in [2.05, 4.69) is 5.10 Å². The van der Waals surface area contributed by atoms with Gasteiger partial charge in [-0.2, -0.15) is 18.3 Å². The Morgan fingerprint density at radius 2 is 1.95 bits per heavy atom. The Bertz CT molecular complexity index is 632. The fraction of sp³-hybridized carbons (Fsp3) is 0.400. The molecule has 0 amide bonds. The zero-order valence-electron chi connectivity index (χ0n) is 11.9. The van der Waals surface area contributed by atoms with Crippen LogP contribution in [0, 0.1) is 13.8 Å². The predicted octanol–water partition coefficient (Wildman–Crippen LogP) is 3.43. The summed E-state index contributed by atoms with van der Waals surface area (Å²) in [5.41, 5.74) is 2.25. The minimum atomic E-state index is -4.37. The van der Waals surface area contributed by atoms with Crippen LogP contribution in [0.25, 0.3) is 5.69 Å². The van der Waals surface area contributed by atoms with Crippen LogP contribution in [0.2, 0.25) is 0 Å². The number of halogens is 3. The van der Waals surface area contributed by atoms with E-state index in [0.717, 1.165) is 29.1 Å². The summed E-state index contributed by atoms with van der Waals surface area (Å²) in [6, 6.07) is 5.11.